The first-order valence-corrected chi connectivity index (χ1v) is 9.69. The maximum atomic E-state index is 12.7. The molecule has 1 fully saturated rings. The van der Waals surface area contributed by atoms with Gasteiger partial charge < -0.3 is 14.4 Å². The Morgan fingerprint density at radius 3 is 2.64 bits per heavy atom. The quantitative estimate of drug-likeness (QED) is 0.706. The molecule has 1 aromatic carbocycles. The van der Waals surface area contributed by atoms with Gasteiger partial charge in [0.25, 0.3) is 0 Å². The van der Waals surface area contributed by atoms with Gasteiger partial charge in [-0.25, -0.2) is 4.98 Å². The zero-order valence-electron chi connectivity index (χ0n) is 15.6. The van der Waals surface area contributed by atoms with Crippen molar-refractivity contribution < 1.29 is 14.7 Å². The number of nitrogens with zero attached hydrogens (tertiary/aromatic N) is 3. The number of imidazole rings is 1. The number of carboxylic acid groups (broad SMARTS) is 1. The third-order valence-corrected chi connectivity index (χ3v) is 5.28. The molecule has 1 unspecified atom stereocenters. The lowest BCUT2D eigenvalue weighted by molar-refractivity contribution is -0.137. The van der Waals surface area contributed by atoms with E-state index >= 15 is 0 Å². The molecule has 6 heteroatoms. The van der Waals surface area contributed by atoms with E-state index in [2.05, 4.69) is 4.40 Å². The molecule has 1 N–H and O–H groups in total. The van der Waals surface area contributed by atoms with Gasteiger partial charge in [-0.15, -0.1) is 0 Å². The number of carboxylic acids is 1. The summed E-state index contributed by atoms with van der Waals surface area (Å²) in [6.45, 7) is 0.693. The number of pyridine rings is 1. The minimum atomic E-state index is -0.863. The Labute approximate surface area is 163 Å². The lowest BCUT2D eigenvalue weighted by Crippen LogP contribution is -2.31. The number of rotatable bonds is 6. The van der Waals surface area contributed by atoms with Crippen molar-refractivity contribution in [2.45, 2.75) is 38.1 Å². The molecule has 0 saturated carbocycles. The average Bonchev–Trinajstić information content (AvgIpc) is 3.33. The molecule has 0 radical (unpaired) electrons. The van der Waals surface area contributed by atoms with Crippen molar-refractivity contribution in [3.05, 3.63) is 60.6 Å². The normalized spacial score (nSPS) is 16.6. The minimum absolute atomic E-state index is 0.0118. The molecule has 2 aromatic heterocycles. The first kappa shape index (κ1) is 18.2. The van der Waals surface area contributed by atoms with Crippen LogP contribution in [0.1, 0.15) is 44.0 Å². The lowest BCUT2D eigenvalue weighted by atomic mass is 10.1. The fourth-order valence-corrected chi connectivity index (χ4v) is 3.97. The van der Waals surface area contributed by atoms with Gasteiger partial charge in [0.2, 0.25) is 5.91 Å². The largest absolute Gasteiger partial charge is 0.481 e. The highest BCUT2D eigenvalue weighted by molar-refractivity contribution is 5.79. The van der Waals surface area contributed by atoms with E-state index in [0.717, 1.165) is 35.4 Å². The third kappa shape index (κ3) is 3.50. The first-order chi connectivity index (χ1) is 13.6. The number of amides is 1. The predicted octanol–water partition coefficient (Wildman–Crippen LogP) is 3.92. The molecule has 6 nitrogen and oxygen atoms in total. The fourth-order valence-electron chi connectivity index (χ4n) is 3.97. The van der Waals surface area contributed by atoms with E-state index in [-0.39, 0.29) is 24.8 Å². The van der Waals surface area contributed by atoms with Gasteiger partial charge in [0.1, 0.15) is 5.82 Å². The van der Waals surface area contributed by atoms with Crippen molar-refractivity contribution >= 4 is 17.4 Å². The van der Waals surface area contributed by atoms with Crippen molar-refractivity contribution in [2.24, 2.45) is 0 Å². The molecule has 4 rings (SSSR count). The Morgan fingerprint density at radius 1 is 1.07 bits per heavy atom. The van der Waals surface area contributed by atoms with Crippen molar-refractivity contribution in [1.29, 1.82) is 0 Å². The second-order valence-corrected chi connectivity index (χ2v) is 7.13. The van der Waals surface area contributed by atoms with E-state index < -0.39 is 5.97 Å². The average molecular weight is 377 g/mol. The van der Waals surface area contributed by atoms with Crippen LogP contribution < -0.4 is 0 Å². The van der Waals surface area contributed by atoms with E-state index in [4.69, 9.17) is 10.1 Å². The molecular formula is C22H23N3O3. The summed E-state index contributed by atoms with van der Waals surface area (Å²) >= 11 is 0. The topological polar surface area (TPSA) is 74.9 Å². The minimum Gasteiger partial charge on any atom is -0.481 e. The summed E-state index contributed by atoms with van der Waals surface area (Å²) in [7, 11) is 0. The van der Waals surface area contributed by atoms with Crippen molar-refractivity contribution in [3.8, 4) is 11.3 Å². The molecule has 1 atom stereocenters. The lowest BCUT2D eigenvalue weighted by Gasteiger charge is -2.24. The number of aliphatic carboxylic acids is 1. The van der Waals surface area contributed by atoms with E-state index in [0.29, 0.717) is 13.0 Å². The molecule has 0 spiro atoms. The summed E-state index contributed by atoms with van der Waals surface area (Å²) in [4.78, 5) is 30.3. The number of likely N-dealkylation sites (tertiary alicyclic amines) is 1. The Balaban J connectivity index is 1.66. The molecule has 1 amide bonds. The number of carbonyl (C=O) groups is 2. The van der Waals surface area contributed by atoms with Crippen LogP contribution >= 0.6 is 0 Å². The van der Waals surface area contributed by atoms with Crippen LogP contribution in [0.4, 0.5) is 0 Å². The van der Waals surface area contributed by atoms with Crippen LogP contribution in [0, 0.1) is 0 Å². The zero-order valence-corrected chi connectivity index (χ0v) is 15.6. The summed E-state index contributed by atoms with van der Waals surface area (Å²) < 4.78 is 2.08. The van der Waals surface area contributed by atoms with Gasteiger partial charge in [-0.2, -0.15) is 0 Å². The molecule has 1 saturated heterocycles. The second kappa shape index (κ2) is 7.84. The number of hydrogen-bond acceptors (Lipinski definition) is 3. The highest BCUT2D eigenvalue weighted by Crippen LogP contribution is 2.35. The van der Waals surface area contributed by atoms with Crippen molar-refractivity contribution in [1.82, 2.24) is 14.3 Å². The van der Waals surface area contributed by atoms with Gasteiger partial charge in [-0.05, 0) is 31.4 Å². The summed E-state index contributed by atoms with van der Waals surface area (Å²) in [5.74, 6) is 0.0220. The fraction of sp³-hybridized carbons (Fsp3) is 0.318. The van der Waals surface area contributed by atoms with E-state index in [1.54, 1.807) is 0 Å². The molecular weight excluding hydrogens is 354 g/mol. The standard InChI is InChI=1S/C22H23N3O3/c26-19(12-6-13-20(27)28)24-15-7-11-18(24)22-23-21(16-8-2-1-3-9-16)17-10-4-5-14-25(17)22/h1-5,8-10,14,18H,6-7,11-13,15H2,(H,27,28). The van der Waals surface area contributed by atoms with Crippen LogP contribution in [0.3, 0.4) is 0 Å². The number of aromatic nitrogens is 2. The molecule has 3 aromatic rings. The monoisotopic (exact) mass is 377 g/mol. The number of carbonyl (C=O) groups excluding carboxylic acids is 1. The predicted molar refractivity (Wildman–Crippen MR) is 106 cm³/mol. The van der Waals surface area contributed by atoms with Gasteiger partial charge in [-0.1, -0.05) is 36.4 Å². The molecule has 0 bridgehead atoms. The Bertz CT molecular complexity index is 997. The number of benzene rings is 1. The Morgan fingerprint density at radius 2 is 1.86 bits per heavy atom. The second-order valence-electron chi connectivity index (χ2n) is 7.13. The zero-order chi connectivity index (χ0) is 19.5. The van der Waals surface area contributed by atoms with Crippen LogP contribution in [0.25, 0.3) is 16.8 Å². The van der Waals surface area contributed by atoms with Gasteiger partial charge >= 0.3 is 5.97 Å². The van der Waals surface area contributed by atoms with E-state index in [1.807, 2.05) is 59.6 Å². The van der Waals surface area contributed by atoms with Crippen molar-refractivity contribution in [3.63, 3.8) is 0 Å². The third-order valence-electron chi connectivity index (χ3n) is 5.28. The van der Waals surface area contributed by atoms with E-state index in [9.17, 15) is 9.59 Å². The molecule has 3 heterocycles. The molecule has 144 valence electrons. The molecule has 1 aliphatic heterocycles. The van der Waals surface area contributed by atoms with Crippen LogP contribution in [-0.4, -0.2) is 37.8 Å². The number of fused-ring (bicyclic) bond motifs is 1. The van der Waals surface area contributed by atoms with Gasteiger partial charge in [0.15, 0.2) is 0 Å². The van der Waals surface area contributed by atoms with Crippen LogP contribution in [0.2, 0.25) is 0 Å². The van der Waals surface area contributed by atoms with Crippen molar-refractivity contribution in [2.75, 3.05) is 6.54 Å². The summed E-state index contributed by atoms with van der Waals surface area (Å²) in [5, 5.41) is 8.81. The van der Waals surface area contributed by atoms with Crippen LogP contribution in [-0.2, 0) is 9.59 Å². The SMILES string of the molecule is O=C(O)CCCC(=O)N1CCCC1c1nc(-c2ccccc2)c2ccccn12. The molecule has 1 aliphatic rings. The van der Waals surface area contributed by atoms with Crippen LogP contribution in [0.5, 0.6) is 0 Å². The molecule has 28 heavy (non-hydrogen) atoms. The Kier molecular flexibility index (Phi) is 5.10. The van der Waals surface area contributed by atoms with Crippen LogP contribution in [0.15, 0.2) is 54.7 Å². The van der Waals surface area contributed by atoms with Gasteiger partial charge in [-0.3, -0.25) is 9.59 Å². The highest BCUT2D eigenvalue weighted by atomic mass is 16.4. The smallest absolute Gasteiger partial charge is 0.303 e. The number of hydrogen-bond donors (Lipinski definition) is 1. The summed E-state index contributed by atoms with van der Waals surface area (Å²) in [6.07, 6.45) is 4.45. The first-order valence-electron chi connectivity index (χ1n) is 9.69. The van der Waals surface area contributed by atoms with Gasteiger partial charge in [0, 0.05) is 31.1 Å². The van der Waals surface area contributed by atoms with E-state index in [1.165, 1.54) is 0 Å². The summed E-state index contributed by atoms with van der Waals surface area (Å²) in [6, 6.07) is 16.0. The highest BCUT2D eigenvalue weighted by Gasteiger charge is 2.33. The van der Waals surface area contributed by atoms with Gasteiger partial charge in [0.05, 0.1) is 17.3 Å². The summed E-state index contributed by atoms with van der Waals surface area (Å²) in [5.41, 5.74) is 2.99. The molecule has 0 aliphatic carbocycles. The maximum absolute atomic E-state index is 12.7. The maximum Gasteiger partial charge on any atom is 0.303 e. The Hall–Kier alpha value is -3.15.